The molecule has 8 heteroatoms. The second-order valence-electron chi connectivity index (χ2n) is 5.78. The Morgan fingerprint density at radius 1 is 1.26 bits per heavy atom. The normalized spacial score (nSPS) is 14.5. The summed E-state index contributed by atoms with van der Waals surface area (Å²) in [5.74, 6) is -0.540. The van der Waals surface area contributed by atoms with Crippen LogP contribution in [0.15, 0.2) is 12.7 Å². The van der Waals surface area contributed by atoms with Crippen molar-refractivity contribution < 1.29 is 23.9 Å². The summed E-state index contributed by atoms with van der Waals surface area (Å²) < 4.78 is 8.09. The lowest BCUT2D eigenvalue weighted by molar-refractivity contribution is -0.134. The molecular formula is C15H21Cl3O5. The predicted octanol–water partition coefficient (Wildman–Crippen LogP) is 4.27. The van der Waals surface area contributed by atoms with Crippen LogP contribution in [0.2, 0.25) is 0 Å². The first-order valence-corrected chi connectivity index (χ1v) is 8.07. The number of carbonyl (C=O) groups excluding carboxylic acids is 3. The first kappa shape index (κ1) is 22.2. The molecule has 0 N–H and O–H groups in total. The molecule has 0 aromatic rings. The molecule has 0 aliphatic heterocycles. The minimum atomic E-state index is -1.75. The van der Waals surface area contributed by atoms with Gasteiger partial charge in [-0.15, -0.1) is 6.58 Å². The average Bonchev–Trinajstić information content (AvgIpc) is 2.43. The van der Waals surface area contributed by atoms with Gasteiger partial charge in [-0.3, -0.25) is 4.79 Å². The van der Waals surface area contributed by atoms with Crippen LogP contribution >= 0.6 is 34.8 Å². The third-order valence-electron chi connectivity index (χ3n) is 3.17. The summed E-state index contributed by atoms with van der Waals surface area (Å²) in [4.78, 5) is 34.8. The highest BCUT2D eigenvalue weighted by molar-refractivity contribution is 6.67. The van der Waals surface area contributed by atoms with Gasteiger partial charge >= 0.3 is 6.16 Å². The minimum Gasteiger partial charge on any atom is -0.430 e. The highest BCUT2D eigenvalue weighted by Crippen LogP contribution is 2.27. The first-order chi connectivity index (χ1) is 10.4. The quantitative estimate of drug-likeness (QED) is 0.194. The maximum absolute atomic E-state index is 12.2. The number of aldehydes is 1. The van der Waals surface area contributed by atoms with E-state index in [-0.39, 0.29) is 18.1 Å². The number of hydrogen-bond donors (Lipinski definition) is 0. The Labute approximate surface area is 151 Å². The smallest absolute Gasteiger partial charge is 0.430 e. The lowest BCUT2D eigenvalue weighted by atomic mass is 9.84. The maximum Gasteiger partial charge on any atom is 0.508 e. The van der Waals surface area contributed by atoms with Crippen LogP contribution in [0.5, 0.6) is 0 Å². The Hall–Kier alpha value is -0.780. The molecule has 0 rings (SSSR count). The number of alkyl halides is 3. The third kappa shape index (κ3) is 9.18. The second kappa shape index (κ2) is 9.50. The van der Waals surface area contributed by atoms with E-state index in [0.717, 1.165) is 0 Å². The highest BCUT2D eigenvalue weighted by atomic mass is 35.6. The molecule has 0 amide bonds. The number of allylic oxidation sites excluding steroid dienone is 1. The summed E-state index contributed by atoms with van der Waals surface area (Å²) in [5, 5.41) is 0. The van der Waals surface area contributed by atoms with Gasteiger partial charge < -0.3 is 14.3 Å². The fourth-order valence-electron chi connectivity index (χ4n) is 1.58. The molecule has 0 aromatic carbocycles. The highest BCUT2D eigenvalue weighted by Gasteiger charge is 2.33. The van der Waals surface area contributed by atoms with Gasteiger partial charge in [0.05, 0.1) is 5.41 Å². The third-order valence-corrected chi connectivity index (χ3v) is 3.50. The lowest BCUT2D eigenvalue weighted by Gasteiger charge is -2.25. The molecule has 0 saturated heterocycles. The van der Waals surface area contributed by atoms with E-state index in [4.69, 9.17) is 44.3 Å². The maximum atomic E-state index is 12.2. The fourth-order valence-corrected chi connectivity index (χ4v) is 1.75. The van der Waals surface area contributed by atoms with Crippen LogP contribution in [0.1, 0.15) is 33.6 Å². The summed E-state index contributed by atoms with van der Waals surface area (Å²) in [6.45, 7) is 7.92. The van der Waals surface area contributed by atoms with Gasteiger partial charge in [-0.2, -0.15) is 0 Å². The van der Waals surface area contributed by atoms with E-state index < -0.39 is 28.1 Å². The zero-order chi connectivity index (χ0) is 18.3. The second-order valence-corrected chi connectivity index (χ2v) is 8.29. The van der Waals surface area contributed by atoms with Gasteiger partial charge in [-0.05, 0) is 26.2 Å². The number of rotatable bonds is 9. The van der Waals surface area contributed by atoms with E-state index >= 15 is 0 Å². The van der Waals surface area contributed by atoms with Gasteiger partial charge in [0.25, 0.3) is 0 Å². The average molecular weight is 388 g/mol. The molecule has 0 aliphatic carbocycles. The van der Waals surface area contributed by atoms with E-state index in [0.29, 0.717) is 12.7 Å². The Balaban J connectivity index is 4.89. The zero-order valence-electron chi connectivity index (χ0n) is 13.3. The van der Waals surface area contributed by atoms with Crippen molar-refractivity contribution in [3.8, 4) is 0 Å². The summed E-state index contributed by atoms with van der Waals surface area (Å²) >= 11 is 16.4. The van der Waals surface area contributed by atoms with Gasteiger partial charge in [0.15, 0.2) is 0 Å². The van der Waals surface area contributed by atoms with E-state index in [1.54, 1.807) is 13.0 Å². The van der Waals surface area contributed by atoms with Crippen molar-refractivity contribution in [3.05, 3.63) is 12.7 Å². The molecule has 0 fully saturated rings. The molecule has 132 valence electrons. The topological polar surface area (TPSA) is 69.7 Å². The standard InChI is InChI=1S/C15H21Cl3O5/c1-5-6-10(2)11(7-12(20)14(3,4)8-19)23-13(21)22-9-15(16,17)18/h5,8,10-11H,1,6-7,9H2,2-4H3/t10-,11+/m0/s1. The Morgan fingerprint density at radius 3 is 2.26 bits per heavy atom. The zero-order valence-corrected chi connectivity index (χ0v) is 15.6. The van der Waals surface area contributed by atoms with Crippen molar-refractivity contribution in [3.63, 3.8) is 0 Å². The minimum absolute atomic E-state index is 0.121. The molecule has 0 heterocycles. The van der Waals surface area contributed by atoms with Gasteiger partial charge in [0.1, 0.15) is 24.8 Å². The molecule has 5 nitrogen and oxygen atoms in total. The van der Waals surface area contributed by atoms with Crippen LogP contribution in [0, 0.1) is 11.3 Å². The Kier molecular flexibility index (Phi) is 9.18. The van der Waals surface area contributed by atoms with Crippen molar-refractivity contribution >= 4 is 53.0 Å². The van der Waals surface area contributed by atoms with Crippen LogP contribution in [-0.2, 0) is 19.1 Å². The summed E-state index contributed by atoms with van der Waals surface area (Å²) in [6.07, 6.45) is 0.770. The van der Waals surface area contributed by atoms with Crippen molar-refractivity contribution in [1.82, 2.24) is 0 Å². The van der Waals surface area contributed by atoms with Gasteiger partial charge in [-0.1, -0.05) is 47.8 Å². The fraction of sp³-hybridized carbons (Fsp3) is 0.667. The molecule has 0 spiro atoms. The van der Waals surface area contributed by atoms with Gasteiger partial charge in [-0.25, -0.2) is 4.79 Å². The Bertz CT molecular complexity index is 443. The number of hydrogen-bond acceptors (Lipinski definition) is 5. The van der Waals surface area contributed by atoms with E-state index in [1.165, 1.54) is 13.8 Å². The SMILES string of the molecule is C=CC[C@H](C)[C@@H](CC(=O)C(C)(C)C=O)OC(=O)OCC(Cl)(Cl)Cl. The van der Waals surface area contributed by atoms with Crippen molar-refractivity contribution in [2.24, 2.45) is 11.3 Å². The number of ether oxygens (including phenoxy) is 2. The molecule has 0 aromatic heterocycles. The summed E-state index contributed by atoms with van der Waals surface area (Å²) in [5.41, 5.74) is -1.16. The molecular weight excluding hydrogens is 367 g/mol. The van der Waals surface area contributed by atoms with Crippen molar-refractivity contribution in [2.45, 2.75) is 43.5 Å². The van der Waals surface area contributed by atoms with Gasteiger partial charge in [0.2, 0.25) is 3.79 Å². The number of halogens is 3. The molecule has 0 unspecified atom stereocenters. The van der Waals surface area contributed by atoms with Crippen LogP contribution in [0.25, 0.3) is 0 Å². The molecule has 23 heavy (non-hydrogen) atoms. The molecule has 0 saturated carbocycles. The van der Waals surface area contributed by atoms with Crippen LogP contribution < -0.4 is 0 Å². The van der Waals surface area contributed by atoms with E-state index in [2.05, 4.69) is 6.58 Å². The number of carbonyl (C=O) groups is 3. The van der Waals surface area contributed by atoms with Gasteiger partial charge in [0, 0.05) is 6.42 Å². The van der Waals surface area contributed by atoms with Crippen molar-refractivity contribution in [1.29, 1.82) is 0 Å². The predicted molar refractivity (Wildman–Crippen MR) is 90.0 cm³/mol. The summed E-state index contributed by atoms with van der Waals surface area (Å²) in [6, 6.07) is 0. The van der Waals surface area contributed by atoms with Crippen molar-refractivity contribution in [2.75, 3.05) is 6.61 Å². The molecule has 0 bridgehead atoms. The molecule has 0 radical (unpaired) electrons. The molecule has 2 atom stereocenters. The van der Waals surface area contributed by atoms with Crippen LogP contribution in [-0.4, -0.2) is 34.7 Å². The van der Waals surface area contributed by atoms with E-state index in [9.17, 15) is 14.4 Å². The van der Waals surface area contributed by atoms with Crippen LogP contribution in [0.4, 0.5) is 4.79 Å². The first-order valence-electron chi connectivity index (χ1n) is 6.93. The monoisotopic (exact) mass is 386 g/mol. The number of ketones is 1. The Morgan fingerprint density at radius 2 is 1.83 bits per heavy atom. The molecule has 0 aliphatic rings. The summed E-state index contributed by atoms with van der Waals surface area (Å²) in [7, 11) is 0. The largest absolute Gasteiger partial charge is 0.508 e. The number of Topliss-reactive ketones (excluding diaryl/α,β-unsaturated/α-hetero) is 1. The van der Waals surface area contributed by atoms with Crippen LogP contribution in [0.3, 0.4) is 0 Å². The lowest BCUT2D eigenvalue weighted by Crippen LogP contribution is -2.34. The van der Waals surface area contributed by atoms with E-state index in [1.807, 2.05) is 0 Å².